The molecule has 18 heavy (non-hydrogen) atoms. The first-order valence-corrected chi connectivity index (χ1v) is 7.09. The Morgan fingerprint density at radius 1 is 1.44 bits per heavy atom. The summed E-state index contributed by atoms with van der Waals surface area (Å²) < 4.78 is 0. The van der Waals surface area contributed by atoms with Crippen molar-refractivity contribution in [2.45, 2.75) is 65.3 Å². The summed E-state index contributed by atoms with van der Waals surface area (Å²) in [6, 6.07) is 2.80. The maximum Gasteiger partial charge on any atom is 0.131 e. The van der Waals surface area contributed by atoms with Gasteiger partial charge < -0.3 is 0 Å². The van der Waals surface area contributed by atoms with Gasteiger partial charge in [0.1, 0.15) is 5.78 Å². The van der Waals surface area contributed by atoms with Crippen molar-refractivity contribution in [2.24, 2.45) is 5.41 Å². The third-order valence-corrected chi connectivity index (χ3v) is 3.82. The Morgan fingerprint density at radius 3 is 2.78 bits per heavy atom. The minimum atomic E-state index is -0.216. The lowest BCUT2D eigenvalue weighted by Gasteiger charge is -2.35. The molecule has 0 aromatic carbocycles. The maximum absolute atomic E-state index is 11.3. The number of carbonyl (C=O) groups excluding carboxylic acids is 1. The molecule has 0 aliphatic carbocycles. The van der Waals surface area contributed by atoms with Crippen LogP contribution in [0.25, 0.3) is 0 Å². The summed E-state index contributed by atoms with van der Waals surface area (Å²) in [5.74, 6) is 0.296. The fourth-order valence-corrected chi connectivity index (χ4v) is 2.70. The fourth-order valence-electron chi connectivity index (χ4n) is 2.70. The minimum absolute atomic E-state index is 0.216. The summed E-state index contributed by atoms with van der Waals surface area (Å²) in [6.07, 6.45) is 6.33. The largest absolute Gasteiger partial charge is 0.300 e. The van der Waals surface area contributed by atoms with Gasteiger partial charge in [0.2, 0.25) is 0 Å². The normalized spacial score (nSPS) is 21.6. The Hall–Kier alpha value is -0.880. The van der Waals surface area contributed by atoms with Gasteiger partial charge >= 0.3 is 0 Å². The van der Waals surface area contributed by atoms with Crippen LogP contribution in [0, 0.1) is 16.7 Å². The first-order valence-electron chi connectivity index (χ1n) is 7.09. The van der Waals surface area contributed by atoms with Crippen molar-refractivity contribution < 1.29 is 4.79 Å². The Labute approximate surface area is 111 Å². The number of nitrogens with zero attached hydrogens (tertiary/aromatic N) is 2. The molecule has 1 unspecified atom stereocenters. The molecule has 1 fully saturated rings. The number of ketones is 1. The van der Waals surface area contributed by atoms with Crippen molar-refractivity contribution in [3.8, 4) is 6.07 Å². The number of likely N-dealkylation sites (tertiary alicyclic amines) is 1. The number of hydrogen-bond donors (Lipinski definition) is 0. The van der Waals surface area contributed by atoms with E-state index in [9.17, 15) is 4.79 Å². The van der Waals surface area contributed by atoms with Crippen molar-refractivity contribution in [3.63, 3.8) is 0 Å². The Kier molecular flexibility index (Phi) is 5.81. The highest BCUT2D eigenvalue weighted by molar-refractivity contribution is 5.76. The summed E-state index contributed by atoms with van der Waals surface area (Å²) >= 11 is 0. The summed E-state index contributed by atoms with van der Waals surface area (Å²) in [5, 5.41) is 8.99. The molecule has 0 aromatic heterocycles. The lowest BCUT2D eigenvalue weighted by molar-refractivity contribution is -0.118. The van der Waals surface area contributed by atoms with E-state index in [1.54, 1.807) is 6.92 Å². The van der Waals surface area contributed by atoms with Crippen LogP contribution in [0.4, 0.5) is 0 Å². The second-order valence-corrected chi connectivity index (χ2v) is 6.19. The van der Waals surface area contributed by atoms with E-state index < -0.39 is 0 Å². The first-order chi connectivity index (χ1) is 8.44. The van der Waals surface area contributed by atoms with Crippen LogP contribution in [0.5, 0.6) is 0 Å². The topological polar surface area (TPSA) is 44.1 Å². The molecule has 0 N–H and O–H groups in total. The van der Waals surface area contributed by atoms with Crippen molar-refractivity contribution in [1.82, 2.24) is 4.90 Å². The molecule has 3 heteroatoms. The standard InChI is InChI=1S/C15H26N2O/c1-13(18)11-14-7-4-5-9-17(14)10-6-8-15(2,3)12-16/h14H,4-11H2,1-3H3. The molecule has 0 amide bonds. The number of rotatable bonds is 6. The van der Waals surface area contributed by atoms with Gasteiger partial charge in [0.15, 0.2) is 0 Å². The quantitative estimate of drug-likeness (QED) is 0.727. The van der Waals surface area contributed by atoms with Gasteiger partial charge in [0.05, 0.1) is 11.5 Å². The second kappa shape index (κ2) is 6.89. The van der Waals surface area contributed by atoms with Gasteiger partial charge in [-0.1, -0.05) is 6.42 Å². The van der Waals surface area contributed by atoms with Gasteiger partial charge in [-0.25, -0.2) is 0 Å². The van der Waals surface area contributed by atoms with Crippen molar-refractivity contribution in [2.75, 3.05) is 13.1 Å². The van der Waals surface area contributed by atoms with Crippen molar-refractivity contribution in [1.29, 1.82) is 5.26 Å². The van der Waals surface area contributed by atoms with Crippen LogP contribution in [-0.4, -0.2) is 29.8 Å². The van der Waals surface area contributed by atoms with E-state index in [1.807, 2.05) is 13.8 Å². The first kappa shape index (κ1) is 15.2. The molecular formula is C15H26N2O. The average molecular weight is 250 g/mol. The van der Waals surface area contributed by atoms with E-state index in [4.69, 9.17) is 5.26 Å². The summed E-state index contributed by atoms with van der Waals surface area (Å²) in [5.41, 5.74) is -0.216. The number of hydrogen-bond acceptors (Lipinski definition) is 3. The van der Waals surface area contributed by atoms with E-state index in [0.29, 0.717) is 18.2 Å². The predicted molar refractivity (Wildman–Crippen MR) is 73.1 cm³/mol. The monoisotopic (exact) mass is 250 g/mol. The zero-order chi connectivity index (χ0) is 13.6. The van der Waals surface area contributed by atoms with E-state index in [0.717, 1.165) is 32.4 Å². The van der Waals surface area contributed by atoms with Crippen molar-refractivity contribution >= 4 is 5.78 Å². The highest BCUT2D eigenvalue weighted by atomic mass is 16.1. The molecule has 1 aliphatic rings. The molecule has 1 atom stereocenters. The molecule has 1 heterocycles. The number of nitriles is 1. The average Bonchev–Trinajstić information content (AvgIpc) is 2.30. The molecule has 102 valence electrons. The van der Waals surface area contributed by atoms with Gasteiger partial charge in [0.25, 0.3) is 0 Å². The van der Waals surface area contributed by atoms with Crippen LogP contribution < -0.4 is 0 Å². The molecule has 0 saturated carbocycles. The van der Waals surface area contributed by atoms with Crippen LogP contribution in [0.1, 0.15) is 59.3 Å². The van der Waals surface area contributed by atoms with Crippen molar-refractivity contribution in [3.05, 3.63) is 0 Å². The van der Waals surface area contributed by atoms with E-state index in [1.165, 1.54) is 12.8 Å². The third kappa shape index (κ3) is 5.18. The molecule has 1 aliphatic heterocycles. The molecule has 0 aromatic rings. The lowest BCUT2D eigenvalue weighted by Crippen LogP contribution is -2.41. The van der Waals surface area contributed by atoms with Gasteiger partial charge in [-0.3, -0.25) is 9.69 Å². The zero-order valence-electron chi connectivity index (χ0n) is 12.0. The molecule has 0 spiro atoms. The van der Waals surface area contributed by atoms with Crippen LogP contribution in [-0.2, 0) is 4.79 Å². The SMILES string of the molecule is CC(=O)CC1CCCCN1CCCC(C)(C)C#N. The van der Waals surface area contributed by atoms with Crippen LogP contribution in [0.15, 0.2) is 0 Å². The number of piperidine rings is 1. The van der Waals surface area contributed by atoms with Crippen LogP contribution in [0.3, 0.4) is 0 Å². The lowest BCUT2D eigenvalue weighted by atomic mass is 9.89. The molecule has 1 rings (SSSR count). The molecule has 0 radical (unpaired) electrons. The highest BCUT2D eigenvalue weighted by Crippen LogP contribution is 2.24. The Morgan fingerprint density at radius 2 is 2.17 bits per heavy atom. The third-order valence-electron chi connectivity index (χ3n) is 3.82. The highest BCUT2D eigenvalue weighted by Gasteiger charge is 2.24. The maximum atomic E-state index is 11.3. The van der Waals surface area contributed by atoms with Gasteiger partial charge in [0, 0.05) is 12.5 Å². The molecular weight excluding hydrogens is 224 g/mol. The minimum Gasteiger partial charge on any atom is -0.300 e. The van der Waals surface area contributed by atoms with Gasteiger partial charge in [-0.15, -0.1) is 0 Å². The van der Waals surface area contributed by atoms with Gasteiger partial charge in [-0.05, 0) is 59.5 Å². The van der Waals surface area contributed by atoms with Crippen LogP contribution >= 0.6 is 0 Å². The zero-order valence-corrected chi connectivity index (χ0v) is 12.0. The summed E-state index contributed by atoms with van der Waals surface area (Å²) in [7, 11) is 0. The molecule has 0 bridgehead atoms. The van der Waals surface area contributed by atoms with Gasteiger partial charge in [-0.2, -0.15) is 5.26 Å². The Bertz CT molecular complexity index is 317. The fraction of sp³-hybridized carbons (Fsp3) is 0.867. The van der Waals surface area contributed by atoms with E-state index >= 15 is 0 Å². The summed E-state index contributed by atoms with van der Waals surface area (Å²) in [6.45, 7) is 7.83. The molecule has 1 saturated heterocycles. The number of Topliss-reactive ketones (excluding diaryl/α,β-unsaturated/α-hetero) is 1. The van der Waals surface area contributed by atoms with E-state index in [2.05, 4.69) is 11.0 Å². The second-order valence-electron chi connectivity index (χ2n) is 6.19. The number of carbonyl (C=O) groups is 1. The Balaban J connectivity index is 2.38. The van der Waals surface area contributed by atoms with Crippen LogP contribution in [0.2, 0.25) is 0 Å². The van der Waals surface area contributed by atoms with E-state index in [-0.39, 0.29) is 5.41 Å². The summed E-state index contributed by atoms with van der Waals surface area (Å²) in [4.78, 5) is 13.7. The molecule has 3 nitrogen and oxygen atoms in total. The predicted octanol–water partition coefficient (Wildman–Crippen LogP) is 3.15. The smallest absolute Gasteiger partial charge is 0.131 e.